The standard InChI is InChI=1S/C21H25N3O2S2/c1-5-27-16-11-9-15(10-12-16)20(25)24(14-13-23(2)3)21-22-19-17(26-4)7-6-8-18(19)28-21/h6-12H,5,13-14H2,1-4H3. The maximum atomic E-state index is 13.3. The number of aromatic nitrogens is 1. The number of fused-ring (bicyclic) bond motifs is 1. The zero-order valence-electron chi connectivity index (χ0n) is 16.6. The van der Waals surface area contributed by atoms with E-state index in [-0.39, 0.29) is 5.91 Å². The van der Waals surface area contributed by atoms with E-state index in [0.29, 0.717) is 17.2 Å². The number of para-hydroxylation sites is 1. The third-order valence-corrected chi connectivity index (χ3v) is 6.19. The summed E-state index contributed by atoms with van der Waals surface area (Å²) in [6.07, 6.45) is 0. The highest BCUT2D eigenvalue weighted by Gasteiger charge is 2.22. The predicted octanol–water partition coefficient (Wildman–Crippen LogP) is 4.63. The topological polar surface area (TPSA) is 45.7 Å². The van der Waals surface area contributed by atoms with Crippen molar-refractivity contribution in [2.75, 3.05) is 44.9 Å². The van der Waals surface area contributed by atoms with Crippen LogP contribution in [0.4, 0.5) is 5.13 Å². The summed E-state index contributed by atoms with van der Waals surface area (Å²) in [5.74, 6) is 1.70. The number of anilines is 1. The van der Waals surface area contributed by atoms with Gasteiger partial charge in [0.2, 0.25) is 0 Å². The Labute approximate surface area is 174 Å². The van der Waals surface area contributed by atoms with Crippen LogP contribution in [0.1, 0.15) is 17.3 Å². The molecule has 0 aliphatic rings. The molecule has 7 heteroatoms. The lowest BCUT2D eigenvalue weighted by Crippen LogP contribution is -2.36. The third kappa shape index (κ3) is 4.66. The number of ether oxygens (including phenoxy) is 1. The van der Waals surface area contributed by atoms with Crippen LogP contribution < -0.4 is 9.64 Å². The fourth-order valence-corrected chi connectivity index (χ4v) is 4.46. The summed E-state index contributed by atoms with van der Waals surface area (Å²) < 4.78 is 6.44. The van der Waals surface area contributed by atoms with Gasteiger partial charge in [0.15, 0.2) is 5.13 Å². The van der Waals surface area contributed by atoms with Gasteiger partial charge in [-0.3, -0.25) is 9.69 Å². The molecule has 0 N–H and O–H groups in total. The minimum atomic E-state index is -0.0343. The molecule has 0 saturated carbocycles. The number of likely N-dealkylation sites (N-methyl/N-ethyl adjacent to an activating group) is 1. The Hall–Kier alpha value is -2.09. The number of hydrogen-bond donors (Lipinski definition) is 0. The van der Waals surface area contributed by atoms with Gasteiger partial charge in [0.25, 0.3) is 5.91 Å². The summed E-state index contributed by atoms with van der Waals surface area (Å²) in [5.41, 5.74) is 1.47. The molecular weight excluding hydrogens is 390 g/mol. The van der Waals surface area contributed by atoms with E-state index < -0.39 is 0 Å². The zero-order valence-corrected chi connectivity index (χ0v) is 18.3. The van der Waals surface area contributed by atoms with Gasteiger partial charge in [0.1, 0.15) is 11.3 Å². The second-order valence-corrected chi connectivity index (χ2v) is 8.87. The molecule has 1 amide bonds. The summed E-state index contributed by atoms with van der Waals surface area (Å²) in [4.78, 5) is 23.0. The van der Waals surface area contributed by atoms with Crippen molar-refractivity contribution in [3.8, 4) is 5.75 Å². The zero-order chi connectivity index (χ0) is 20.1. The fourth-order valence-electron chi connectivity index (χ4n) is 2.79. The molecule has 0 fully saturated rings. The number of thioether (sulfide) groups is 1. The molecule has 148 valence electrons. The van der Waals surface area contributed by atoms with Crippen molar-refractivity contribution < 1.29 is 9.53 Å². The van der Waals surface area contributed by atoms with Gasteiger partial charge in [0.05, 0.1) is 11.8 Å². The van der Waals surface area contributed by atoms with E-state index in [1.54, 1.807) is 23.8 Å². The molecule has 1 aromatic heterocycles. The predicted molar refractivity (Wildman–Crippen MR) is 119 cm³/mol. The van der Waals surface area contributed by atoms with Crippen molar-refractivity contribution in [3.63, 3.8) is 0 Å². The van der Waals surface area contributed by atoms with Crippen molar-refractivity contribution in [3.05, 3.63) is 48.0 Å². The number of carbonyl (C=O) groups excluding carboxylic acids is 1. The Balaban J connectivity index is 1.95. The highest BCUT2D eigenvalue weighted by molar-refractivity contribution is 7.99. The summed E-state index contributed by atoms with van der Waals surface area (Å²) in [6, 6.07) is 13.7. The van der Waals surface area contributed by atoms with Crippen LogP contribution in [0.5, 0.6) is 5.75 Å². The van der Waals surface area contributed by atoms with E-state index in [9.17, 15) is 4.79 Å². The SMILES string of the molecule is CCSc1ccc(C(=O)N(CCN(C)C)c2nc3c(OC)cccc3s2)cc1. The normalized spacial score (nSPS) is 11.2. The first-order valence-electron chi connectivity index (χ1n) is 9.16. The minimum absolute atomic E-state index is 0.0343. The molecule has 0 radical (unpaired) electrons. The number of rotatable bonds is 8. The largest absolute Gasteiger partial charge is 0.494 e. The first kappa shape index (κ1) is 20.6. The highest BCUT2D eigenvalue weighted by Crippen LogP contribution is 2.34. The maximum Gasteiger partial charge on any atom is 0.260 e. The number of benzene rings is 2. The first-order valence-corrected chi connectivity index (χ1v) is 11.0. The van der Waals surface area contributed by atoms with Crippen molar-refractivity contribution in [2.45, 2.75) is 11.8 Å². The van der Waals surface area contributed by atoms with E-state index in [1.807, 2.05) is 56.6 Å². The summed E-state index contributed by atoms with van der Waals surface area (Å²) in [7, 11) is 5.64. The van der Waals surface area contributed by atoms with Gasteiger partial charge >= 0.3 is 0 Å². The van der Waals surface area contributed by atoms with Gasteiger partial charge in [-0.1, -0.05) is 24.3 Å². The van der Waals surface area contributed by atoms with Crippen LogP contribution in [0, 0.1) is 0 Å². The van der Waals surface area contributed by atoms with E-state index in [2.05, 4.69) is 11.8 Å². The third-order valence-electron chi connectivity index (χ3n) is 4.25. The van der Waals surface area contributed by atoms with E-state index in [4.69, 9.17) is 9.72 Å². The number of thiazole rings is 1. The van der Waals surface area contributed by atoms with Crippen molar-refractivity contribution in [1.82, 2.24) is 9.88 Å². The maximum absolute atomic E-state index is 13.3. The number of carbonyl (C=O) groups is 1. The van der Waals surface area contributed by atoms with Gasteiger partial charge < -0.3 is 9.64 Å². The molecule has 3 aromatic rings. The molecule has 3 rings (SSSR count). The van der Waals surface area contributed by atoms with E-state index in [0.717, 1.165) is 28.3 Å². The summed E-state index contributed by atoms with van der Waals surface area (Å²) in [6.45, 7) is 3.44. The Morgan fingerprint density at radius 1 is 1.14 bits per heavy atom. The van der Waals surface area contributed by atoms with Crippen LogP contribution in [0.15, 0.2) is 47.4 Å². The second-order valence-electron chi connectivity index (χ2n) is 6.52. The number of hydrogen-bond acceptors (Lipinski definition) is 6. The molecule has 0 aliphatic carbocycles. The highest BCUT2D eigenvalue weighted by atomic mass is 32.2. The van der Waals surface area contributed by atoms with Crippen LogP contribution in [0.3, 0.4) is 0 Å². The fraction of sp³-hybridized carbons (Fsp3) is 0.333. The van der Waals surface area contributed by atoms with Gasteiger partial charge in [-0.25, -0.2) is 4.98 Å². The Bertz CT molecular complexity index is 938. The van der Waals surface area contributed by atoms with E-state index in [1.165, 1.54) is 16.2 Å². The molecule has 1 heterocycles. The summed E-state index contributed by atoms with van der Waals surface area (Å²) >= 11 is 3.28. The molecule has 2 aromatic carbocycles. The van der Waals surface area contributed by atoms with E-state index >= 15 is 0 Å². The quantitative estimate of drug-likeness (QED) is 0.502. The average Bonchev–Trinajstić information content (AvgIpc) is 3.12. The van der Waals surface area contributed by atoms with Crippen LogP contribution in [0.2, 0.25) is 0 Å². The molecule has 0 unspecified atom stereocenters. The molecule has 5 nitrogen and oxygen atoms in total. The van der Waals surface area contributed by atoms with Gasteiger partial charge in [-0.15, -0.1) is 11.8 Å². The van der Waals surface area contributed by atoms with Crippen LogP contribution in [-0.4, -0.2) is 55.8 Å². The molecular formula is C21H25N3O2S2. The van der Waals surface area contributed by atoms with Crippen LogP contribution in [0.25, 0.3) is 10.2 Å². The second kappa shape index (κ2) is 9.41. The molecule has 0 bridgehead atoms. The Morgan fingerprint density at radius 3 is 2.54 bits per heavy atom. The van der Waals surface area contributed by atoms with Crippen LogP contribution >= 0.6 is 23.1 Å². The van der Waals surface area contributed by atoms with Gasteiger partial charge in [0, 0.05) is 23.5 Å². The lowest BCUT2D eigenvalue weighted by molar-refractivity contribution is 0.0985. The molecule has 0 spiro atoms. The first-order chi connectivity index (χ1) is 13.5. The molecule has 0 aliphatic heterocycles. The average molecular weight is 416 g/mol. The number of amides is 1. The smallest absolute Gasteiger partial charge is 0.260 e. The van der Waals surface area contributed by atoms with Gasteiger partial charge in [-0.2, -0.15) is 0 Å². The summed E-state index contributed by atoms with van der Waals surface area (Å²) in [5, 5.41) is 0.693. The minimum Gasteiger partial charge on any atom is -0.494 e. The number of nitrogens with zero attached hydrogens (tertiary/aromatic N) is 3. The van der Waals surface area contributed by atoms with Gasteiger partial charge in [-0.05, 0) is 56.2 Å². The monoisotopic (exact) mass is 415 g/mol. The van der Waals surface area contributed by atoms with Crippen molar-refractivity contribution in [1.29, 1.82) is 0 Å². The van der Waals surface area contributed by atoms with Crippen molar-refractivity contribution >= 4 is 44.4 Å². The Morgan fingerprint density at radius 2 is 1.89 bits per heavy atom. The Kier molecular flexibility index (Phi) is 6.93. The lowest BCUT2D eigenvalue weighted by atomic mass is 10.2. The molecule has 28 heavy (non-hydrogen) atoms. The number of methoxy groups -OCH3 is 1. The molecule has 0 atom stereocenters. The van der Waals surface area contributed by atoms with Crippen LogP contribution in [-0.2, 0) is 0 Å². The lowest BCUT2D eigenvalue weighted by Gasteiger charge is -2.22. The molecule has 0 saturated heterocycles. The van der Waals surface area contributed by atoms with Crippen molar-refractivity contribution in [2.24, 2.45) is 0 Å².